The van der Waals surface area contributed by atoms with Gasteiger partial charge in [-0.2, -0.15) is 0 Å². The van der Waals surface area contributed by atoms with Crippen LogP contribution in [-0.2, 0) is 11.2 Å². The molecular weight excluding hydrogens is 298 g/mol. The van der Waals surface area contributed by atoms with E-state index in [1.54, 1.807) is 7.11 Å². The van der Waals surface area contributed by atoms with E-state index >= 15 is 0 Å². The SMILES string of the molecule is CC[C@]1(CCCc2ccccc2)CN(c2ccc(OC)cc2)C1=O. The topological polar surface area (TPSA) is 29.5 Å². The standard InChI is InChI=1S/C21H25NO2/c1-3-21(15-7-10-17-8-5-4-6-9-17)16-22(20(21)23)18-11-13-19(24-2)14-12-18/h4-6,8-9,11-14H,3,7,10,15-16H2,1-2H3/t21-/m0/s1. The first kappa shape index (κ1) is 16.6. The number of methoxy groups -OCH3 is 1. The fraction of sp³-hybridized carbons (Fsp3) is 0.381. The number of β-lactam (4-membered cyclic amide) rings is 1. The molecule has 1 saturated heterocycles. The molecule has 2 aromatic rings. The molecule has 0 aromatic heterocycles. The first-order valence-electron chi connectivity index (χ1n) is 8.68. The molecule has 3 heteroatoms. The minimum absolute atomic E-state index is 0.172. The third-order valence-corrected chi connectivity index (χ3v) is 5.18. The highest BCUT2D eigenvalue weighted by Crippen LogP contribution is 2.42. The highest BCUT2D eigenvalue weighted by atomic mass is 16.5. The van der Waals surface area contributed by atoms with Gasteiger partial charge < -0.3 is 9.64 Å². The Bertz CT molecular complexity index is 681. The monoisotopic (exact) mass is 323 g/mol. The van der Waals surface area contributed by atoms with Gasteiger partial charge in [0, 0.05) is 12.2 Å². The van der Waals surface area contributed by atoms with Gasteiger partial charge >= 0.3 is 0 Å². The molecule has 0 spiro atoms. The Morgan fingerprint density at radius 3 is 2.38 bits per heavy atom. The van der Waals surface area contributed by atoms with Crippen molar-refractivity contribution in [2.24, 2.45) is 5.41 Å². The van der Waals surface area contributed by atoms with Crippen molar-refractivity contribution >= 4 is 11.6 Å². The Balaban J connectivity index is 1.59. The Kier molecular flexibility index (Phi) is 4.89. The summed E-state index contributed by atoms with van der Waals surface area (Å²) >= 11 is 0. The van der Waals surface area contributed by atoms with Gasteiger partial charge in [-0.25, -0.2) is 0 Å². The predicted octanol–water partition coefficient (Wildman–Crippen LogP) is 4.46. The number of rotatable bonds is 7. The molecule has 3 nitrogen and oxygen atoms in total. The molecule has 2 aromatic carbocycles. The molecule has 126 valence electrons. The molecule has 1 aliphatic heterocycles. The Labute approximate surface area is 144 Å². The van der Waals surface area contributed by atoms with Crippen LogP contribution >= 0.6 is 0 Å². The summed E-state index contributed by atoms with van der Waals surface area (Å²) in [5.41, 5.74) is 2.14. The second-order valence-electron chi connectivity index (χ2n) is 6.56. The number of carbonyl (C=O) groups is 1. The van der Waals surface area contributed by atoms with Crippen molar-refractivity contribution in [2.45, 2.75) is 32.6 Å². The minimum atomic E-state index is -0.172. The number of ether oxygens (including phenoxy) is 1. The van der Waals surface area contributed by atoms with Crippen molar-refractivity contribution in [2.75, 3.05) is 18.6 Å². The summed E-state index contributed by atoms with van der Waals surface area (Å²) < 4.78 is 5.18. The lowest BCUT2D eigenvalue weighted by Crippen LogP contribution is -2.61. The normalized spacial score (nSPS) is 19.9. The summed E-state index contributed by atoms with van der Waals surface area (Å²) in [6.45, 7) is 2.95. The molecular formula is C21H25NO2. The molecule has 0 saturated carbocycles. The molecule has 1 aliphatic rings. The second-order valence-corrected chi connectivity index (χ2v) is 6.56. The average Bonchev–Trinajstić information content (AvgIpc) is 2.65. The summed E-state index contributed by atoms with van der Waals surface area (Å²) in [4.78, 5) is 14.7. The highest BCUT2D eigenvalue weighted by molar-refractivity contribution is 6.04. The van der Waals surface area contributed by atoms with Crippen LogP contribution in [-0.4, -0.2) is 19.6 Å². The van der Waals surface area contributed by atoms with Crippen molar-refractivity contribution in [3.8, 4) is 5.75 Å². The lowest BCUT2D eigenvalue weighted by Gasteiger charge is -2.48. The number of benzene rings is 2. The van der Waals surface area contributed by atoms with E-state index in [4.69, 9.17) is 4.74 Å². The molecule has 24 heavy (non-hydrogen) atoms. The van der Waals surface area contributed by atoms with E-state index in [1.807, 2.05) is 35.2 Å². The number of carbonyl (C=O) groups excluding carboxylic acids is 1. The largest absolute Gasteiger partial charge is 0.497 e. The van der Waals surface area contributed by atoms with Crippen molar-refractivity contribution < 1.29 is 9.53 Å². The van der Waals surface area contributed by atoms with Crippen LogP contribution in [0.4, 0.5) is 5.69 Å². The first-order valence-corrected chi connectivity index (χ1v) is 8.68. The molecule has 0 radical (unpaired) electrons. The number of anilines is 1. The van der Waals surface area contributed by atoms with Gasteiger partial charge in [-0.05, 0) is 55.5 Å². The van der Waals surface area contributed by atoms with Crippen molar-refractivity contribution in [1.82, 2.24) is 0 Å². The van der Waals surface area contributed by atoms with E-state index in [0.29, 0.717) is 0 Å². The number of hydrogen-bond donors (Lipinski definition) is 0. The predicted molar refractivity (Wildman–Crippen MR) is 97.5 cm³/mol. The maximum Gasteiger partial charge on any atom is 0.235 e. The summed E-state index contributed by atoms with van der Waals surface area (Å²) in [5, 5.41) is 0. The van der Waals surface area contributed by atoms with Crippen LogP contribution < -0.4 is 9.64 Å². The zero-order valence-electron chi connectivity index (χ0n) is 14.5. The van der Waals surface area contributed by atoms with Crippen LogP contribution in [0.3, 0.4) is 0 Å². The van der Waals surface area contributed by atoms with E-state index in [1.165, 1.54) is 5.56 Å². The molecule has 0 N–H and O–H groups in total. The van der Waals surface area contributed by atoms with Crippen molar-refractivity contribution in [3.05, 3.63) is 60.2 Å². The average molecular weight is 323 g/mol. The molecule has 3 rings (SSSR count). The maximum atomic E-state index is 12.8. The van der Waals surface area contributed by atoms with Crippen LogP contribution in [0.15, 0.2) is 54.6 Å². The lowest BCUT2D eigenvalue weighted by molar-refractivity contribution is -0.136. The molecule has 0 aliphatic carbocycles. The van der Waals surface area contributed by atoms with Crippen molar-refractivity contribution in [3.63, 3.8) is 0 Å². The van der Waals surface area contributed by atoms with Crippen LogP contribution in [0.5, 0.6) is 5.75 Å². The van der Waals surface area contributed by atoms with E-state index in [9.17, 15) is 4.79 Å². The third-order valence-electron chi connectivity index (χ3n) is 5.18. The number of amides is 1. The van der Waals surface area contributed by atoms with Crippen molar-refractivity contribution in [1.29, 1.82) is 0 Å². The van der Waals surface area contributed by atoms with Gasteiger partial charge in [0.25, 0.3) is 0 Å². The molecule has 0 bridgehead atoms. The highest BCUT2D eigenvalue weighted by Gasteiger charge is 2.50. The molecule has 1 amide bonds. The summed E-state index contributed by atoms with van der Waals surface area (Å²) in [6.07, 6.45) is 3.97. The summed E-state index contributed by atoms with van der Waals surface area (Å²) in [7, 11) is 1.65. The van der Waals surface area contributed by atoms with Crippen LogP contribution in [0.1, 0.15) is 31.7 Å². The third kappa shape index (κ3) is 3.16. The minimum Gasteiger partial charge on any atom is -0.497 e. The van der Waals surface area contributed by atoms with E-state index in [-0.39, 0.29) is 11.3 Å². The molecule has 1 atom stereocenters. The molecule has 1 fully saturated rings. The van der Waals surface area contributed by atoms with Gasteiger partial charge in [-0.3, -0.25) is 4.79 Å². The van der Waals surface area contributed by atoms with E-state index in [0.717, 1.165) is 43.7 Å². The van der Waals surface area contributed by atoms with Crippen LogP contribution in [0, 0.1) is 5.41 Å². The fourth-order valence-corrected chi connectivity index (χ4v) is 3.51. The smallest absolute Gasteiger partial charge is 0.235 e. The second kappa shape index (κ2) is 7.08. The zero-order valence-corrected chi connectivity index (χ0v) is 14.5. The number of aryl methyl sites for hydroxylation is 1. The van der Waals surface area contributed by atoms with E-state index in [2.05, 4.69) is 31.2 Å². The zero-order chi connectivity index (χ0) is 17.0. The van der Waals surface area contributed by atoms with Gasteiger partial charge in [-0.15, -0.1) is 0 Å². The van der Waals surface area contributed by atoms with Gasteiger partial charge in [0.2, 0.25) is 5.91 Å². The Morgan fingerprint density at radius 2 is 1.79 bits per heavy atom. The maximum absolute atomic E-state index is 12.8. The number of nitrogens with zero attached hydrogens (tertiary/aromatic N) is 1. The Morgan fingerprint density at radius 1 is 1.08 bits per heavy atom. The molecule has 1 heterocycles. The Hall–Kier alpha value is -2.29. The molecule has 0 unspecified atom stereocenters. The summed E-state index contributed by atoms with van der Waals surface area (Å²) in [5.74, 6) is 1.08. The van der Waals surface area contributed by atoms with Crippen LogP contribution in [0.2, 0.25) is 0 Å². The fourth-order valence-electron chi connectivity index (χ4n) is 3.51. The van der Waals surface area contributed by atoms with Gasteiger partial charge in [0.15, 0.2) is 0 Å². The first-order chi connectivity index (χ1) is 11.7. The summed E-state index contributed by atoms with van der Waals surface area (Å²) in [6, 6.07) is 18.2. The van der Waals surface area contributed by atoms with Gasteiger partial charge in [-0.1, -0.05) is 37.3 Å². The van der Waals surface area contributed by atoms with Crippen LogP contribution in [0.25, 0.3) is 0 Å². The van der Waals surface area contributed by atoms with E-state index < -0.39 is 0 Å². The quantitative estimate of drug-likeness (QED) is 0.704. The number of hydrogen-bond acceptors (Lipinski definition) is 2. The van der Waals surface area contributed by atoms with Gasteiger partial charge in [0.05, 0.1) is 12.5 Å². The lowest BCUT2D eigenvalue weighted by atomic mass is 9.72. The van der Waals surface area contributed by atoms with Gasteiger partial charge in [0.1, 0.15) is 5.75 Å².